The third-order valence-electron chi connectivity index (χ3n) is 3.10. The summed E-state index contributed by atoms with van der Waals surface area (Å²) in [6.07, 6.45) is 0.550. The van der Waals surface area contributed by atoms with Gasteiger partial charge in [0, 0.05) is 23.4 Å². The Hall–Kier alpha value is -0.580. The highest BCUT2D eigenvalue weighted by atomic mass is 79.9. The fourth-order valence-corrected chi connectivity index (χ4v) is 2.84. The van der Waals surface area contributed by atoms with Crippen LogP contribution >= 0.6 is 27.5 Å². The molecule has 0 bridgehead atoms. The minimum atomic E-state index is 0.0760. The number of carbonyl (C=O) groups excluding carboxylic acids is 1. The molecule has 0 spiro atoms. The molecule has 1 aliphatic heterocycles. The molecule has 1 heterocycles. The van der Waals surface area contributed by atoms with Gasteiger partial charge in [0.15, 0.2) is 0 Å². The van der Waals surface area contributed by atoms with E-state index in [2.05, 4.69) is 15.9 Å². The second-order valence-electron chi connectivity index (χ2n) is 4.83. The van der Waals surface area contributed by atoms with E-state index in [-0.39, 0.29) is 18.1 Å². The van der Waals surface area contributed by atoms with Crippen LogP contribution in [0.2, 0.25) is 5.02 Å². The van der Waals surface area contributed by atoms with Crippen LogP contribution in [-0.4, -0.2) is 41.4 Å². The number of alkyl halides is 1. The molecule has 0 radical (unpaired) electrons. The molecule has 1 aliphatic rings. The maximum atomic E-state index is 12.3. The van der Waals surface area contributed by atoms with E-state index in [0.717, 1.165) is 10.9 Å². The van der Waals surface area contributed by atoms with E-state index in [1.54, 1.807) is 0 Å². The van der Waals surface area contributed by atoms with Gasteiger partial charge in [0.1, 0.15) is 0 Å². The Morgan fingerprint density at radius 1 is 1.53 bits per heavy atom. The SMILES string of the molecule is CC1CN(C(=O)Cc2cccc(Cl)c2)CC(CBr)O1. The van der Waals surface area contributed by atoms with Crippen LogP contribution in [0, 0.1) is 0 Å². The second-order valence-corrected chi connectivity index (χ2v) is 5.91. The topological polar surface area (TPSA) is 29.5 Å². The zero-order valence-corrected chi connectivity index (χ0v) is 13.2. The Labute approximate surface area is 127 Å². The zero-order valence-electron chi connectivity index (χ0n) is 10.8. The van der Waals surface area contributed by atoms with Gasteiger partial charge in [0.25, 0.3) is 0 Å². The van der Waals surface area contributed by atoms with Crippen LogP contribution in [0.25, 0.3) is 0 Å². The maximum absolute atomic E-state index is 12.3. The van der Waals surface area contributed by atoms with E-state index in [1.807, 2.05) is 36.1 Å². The molecular formula is C14H17BrClNO2. The molecular weight excluding hydrogens is 330 g/mol. The van der Waals surface area contributed by atoms with Crippen molar-refractivity contribution in [3.63, 3.8) is 0 Å². The highest BCUT2D eigenvalue weighted by Gasteiger charge is 2.27. The van der Waals surface area contributed by atoms with Gasteiger partial charge in [-0.25, -0.2) is 0 Å². The molecule has 0 saturated carbocycles. The molecule has 0 N–H and O–H groups in total. The van der Waals surface area contributed by atoms with Crippen LogP contribution in [0.5, 0.6) is 0 Å². The van der Waals surface area contributed by atoms with Gasteiger partial charge in [-0.05, 0) is 24.6 Å². The fourth-order valence-electron chi connectivity index (χ4n) is 2.27. The highest BCUT2D eigenvalue weighted by molar-refractivity contribution is 9.09. The van der Waals surface area contributed by atoms with Crippen molar-refractivity contribution in [1.82, 2.24) is 4.90 Å². The summed E-state index contributed by atoms with van der Waals surface area (Å²) in [7, 11) is 0. The van der Waals surface area contributed by atoms with E-state index in [4.69, 9.17) is 16.3 Å². The van der Waals surface area contributed by atoms with Crippen molar-refractivity contribution >= 4 is 33.4 Å². The van der Waals surface area contributed by atoms with Crippen LogP contribution in [0.3, 0.4) is 0 Å². The summed E-state index contributed by atoms with van der Waals surface area (Å²) >= 11 is 9.34. The van der Waals surface area contributed by atoms with Crippen molar-refractivity contribution in [2.75, 3.05) is 18.4 Å². The first-order valence-electron chi connectivity index (χ1n) is 6.32. The highest BCUT2D eigenvalue weighted by Crippen LogP contribution is 2.16. The van der Waals surface area contributed by atoms with Crippen LogP contribution in [0.15, 0.2) is 24.3 Å². The molecule has 0 aromatic heterocycles. The van der Waals surface area contributed by atoms with Gasteiger partial charge in [0.05, 0.1) is 18.6 Å². The Morgan fingerprint density at radius 2 is 2.32 bits per heavy atom. The average molecular weight is 347 g/mol. The molecule has 1 saturated heterocycles. The molecule has 2 unspecified atom stereocenters. The molecule has 2 atom stereocenters. The summed E-state index contributed by atoms with van der Waals surface area (Å²) in [5, 5.41) is 1.41. The first-order valence-corrected chi connectivity index (χ1v) is 7.82. The fraction of sp³-hybridized carbons (Fsp3) is 0.500. The molecule has 1 fully saturated rings. The van der Waals surface area contributed by atoms with Crippen molar-refractivity contribution in [2.45, 2.75) is 25.6 Å². The monoisotopic (exact) mass is 345 g/mol. The van der Waals surface area contributed by atoms with Gasteiger partial charge < -0.3 is 9.64 Å². The maximum Gasteiger partial charge on any atom is 0.227 e. The third kappa shape index (κ3) is 4.20. The Bertz CT molecular complexity index is 455. The molecule has 1 aromatic carbocycles. The Kier molecular flexibility index (Phi) is 5.25. The minimum absolute atomic E-state index is 0.0760. The van der Waals surface area contributed by atoms with Gasteiger partial charge >= 0.3 is 0 Å². The van der Waals surface area contributed by atoms with Crippen LogP contribution in [0.1, 0.15) is 12.5 Å². The molecule has 1 aromatic rings. The van der Waals surface area contributed by atoms with E-state index in [0.29, 0.717) is 24.5 Å². The normalized spacial score (nSPS) is 23.4. The third-order valence-corrected chi connectivity index (χ3v) is 4.05. The number of hydrogen-bond donors (Lipinski definition) is 0. The number of hydrogen-bond acceptors (Lipinski definition) is 2. The summed E-state index contributed by atoms with van der Waals surface area (Å²) in [6.45, 7) is 3.30. The average Bonchev–Trinajstić information content (AvgIpc) is 2.38. The molecule has 0 aliphatic carbocycles. The minimum Gasteiger partial charge on any atom is -0.371 e. The lowest BCUT2D eigenvalue weighted by Gasteiger charge is -2.36. The predicted molar refractivity (Wildman–Crippen MR) is 79.9 cm³/mol. The quantitative estimate of drug-likeness (QED) is 0.788. The number of morpholine rings is 1. The number of benzene rings is 1. The van der Waals surface area contributed by atoms with E-state index in [9.17, 15) is 4.79 Å². The summed E-state index contributed by atoms with van der Waals surface area (Å²) in [4.78, 5) is 14.2. The van der Waals surface area contributed by atoms with Gasteiger partial charge in [0.2, 0.25) is 5.91 Å². The molecule has 19 heavy (non-hydrogen) atoms. The molecule has 2 rings (SSSR count). The van der Waals surface area contributed by atoms with Gasteiger partial charge in [-0.3, -0.25) is 4.79 Å². The van der Waals surface area contributed by atoms with E-state index in [1.165, 1.54) is 0 Å². The molecule has 3 nitrogen and oxygen atoms in total. The molecule has 1 amide bonds. The van der Waals surface area contributed by atoms with Gasteiger partial charge in [-0.2, -0.15) is 0 Å². The van der Waals surface area contributed by atoms with Crippen molar-refractivity contribution in [2.24, 2.45) is 0 Å². The van der Waals surface area contributed by atoms with E-state index < -0.39 is 0 Å². The smallest absolute Gasteiger partial charge is 0.227 e. The number of nitrogens with zero attached hydrogens (tertiary/aromatic N) is 1. The second kappa shape index (κ2) is 6.73. The molecule has 5 heteroatoms. The van der Waals surface area contributed by atoms with Gasteiger partial charge in [-0.15, -0.1) is 0 Å². The number of amides is 1. The van der Waals surface area contributed by atoms with Crippen LogP contribution < -0.4 is 0 Å². The van der Waals surface area contributed by atoms with Crippen molar-refractivity contribution in [1.29, 1.82) is 0 Å². The van der Waals surface area contributed by atoms with Crippen molar-refractivity contribution in [3.8, 4) is 0 Å². The summed E-state index contributed by atoms with van der Waals surface area (Å²) < 4.78 is 5.72. The number of ether oxygens (including phenoxy) is 1. The Balaban J connectivity index is 1.99. The first-order chi connectivity index (χ1) is 9.08. The predicted octanol–water partition coefficient (Wildman–Crippen LogP) is 2.89. The lowest BCUT2D eigenvalue weighted by molar-refractivity contribution is -0.142. The van der Waals surface area contributed by atoms with Crippen LogP contribution in [-0.2, 0) is 16.0 Å². The zero-order chi connectivity index (χ0) is 13.8. The largest absolute Gasteiger partial charge is 0.371 e. The number of carbonyl (C=O) groups is 1. The first kappa shape index (κ1) is 14.8. The lowest BCUT2D eigenvalue weighted by Crippen LogP contribution is -2.50. The van der Waals surface area contributed by atoms with Crippen molar-refractivity contribution in [3.05, 3.63) is 34.9 Å². The summed E-state index contributed by atoms with van der Waals surface area (Å²) in [5.41, 5.74) is 0.951. The van der Waals surface area contributed by atoms with Crippen molar-refractivity contribution < 1.29 is 9.53 Å². The summed E-state index contributed by atoms with van der Waals surface area (Å²) in [6, 6.07) is 7.45. The Morgan fingerprint density at radius 3 is 3.00 bits per heavy atom. The van der Waals surface area contributed by atoms with Crippen LogP contribution in [0.4, 0.5) is 0 Å². The lowest BCUT2D eigenvalue weighted by atomic mass is 10.1. The molecule has 104 valence electrons. The van der Waals surface area contributed by atoms with E-state index >= 15 is 0 Å². The number of halogens is 2. The summed E-state index contributed by atoms with van der Waals surface area (Å²) in [5.74, 6) is 0.128. The number of rotatable bonds is 3. The standard InChI is InChI=1S/C14H17BrClNO2/c1-10-8-17(9-13(7-15)19-10)14(18)6-11-3-2-4-12(16)5-11/h2-5,10,13H,6-9H2,1H3. The van der Waals surface area contributed by atoms with Gasteiger partial charge in [-0.1, -0.05) is 39.7 Å².